The van der Waals surface area contributed by atoms with Crippen molar-refractivity contribution < 1.29 is 12.8 Å². The minimum absolute atomic E-state index is 0. The first-order valence-corrected chi connectivity index (χ1v) is 8.70. The molecule has 1 fully saturated rings. The summed E-state index contributed by atoms with van der Waals surface area (Å²) in [5.41, 5.74) is 0.469. The number of piperidine rings is 1. The Bertz CT molecular complexity index is 620. The number of benzene rings is 1. The van der Waals surface area contributed by atoms with Crippen molar-refractivity contribution in [2.75, 3.05) is 13.1 Å². The molecule has 0 aromatic heterocycles. The number of rotatable bonds is 4. The Labute approximate surface area is 138 Å². The lowest BCUT2D eigenvalue weighted by Crippen LogP contribution is -2.52. The van der Waals surface area contributed by atoms with Gasteiger partial charge in [-0.3, -0.25) is 0 Å². The van der Waals surface area contributed by atoms with Gasteiger partial charge in [0.05, 0.1) is 4.90 Å². The number of hydrogen-bond donors (Lipinski definition) is 2. The van der Waals surface area contributed by atoms with E-state index in [0.717, 1.165) is 19.4 Å². The van der Waals surface area contributed by atoms with Gasteiger partial charge in [-0.05, 0) is 55.5 Å². The third-order valence-electron chi connectivity index (χ3n) is 4.24. The van der Waals surface area contributed by atoms with Gasteiger partial charge < -0.3 is 5.32 Å². The van der Waals surface area contributed by atoms with E-state index >= 15 is 0 Å². The molecular formula is C15H24ClFN2O2S. The van der Waals surface area contributed by atoms with Crippen LogP contribution in [0, 0.1) is 18.2 Å². The number of sulfonamides is 1. The van der Waals surface area contributed by atoms with Gasteiger partial charge in [0.2, 0.25) is 10.0 Å². The van der Waals surface area contributed by atoms with E-state index in [0.29, 0.717) is 12.1 Å². The molecule has 0 spiro atoms. The highest BCUT2D eigenvalue weighted by Gasteiger charge is 2.32. The Balaban J connectivity index is 0.00000242. The molecule has 1 heterocycles. The first kappa shape index (κ1) is 19.4. The molecule has 0 bridgehead atoms. The first-order chi connectivity index (χ1) is 9.72. The van der Waals surface area contributed by atoms with Crippen LogP contribution in [0.4, 0.5) is 4.39 Å². The van der Waals surface area contributed by atoms with E-state index in [1.54, 1.807) is 6.92 Å². The summed E-state index contributed by atoms with van der Waals surface area (Å²) in [5.74, 6) is -0.429. The molecule has 4 nitrogen and oxygen atoms in total. The normalized spacial score (nSPS) is 21.2. The van der Waals surface area contributed by atoms with E-state index in [1.165, 1.54) is 18.2 Å². The number of aryl methyl sites for hydroxylation is 1. The standard InChI is InChI=1S/C15H23FN2O2S.ClH/c1-11-9-12(16)5-6-13(11)21(19,20)18-10-14-15(2,3)7-4-8-17-14;/h5-6,9,14,17-18H,4,7-8,10H2,1-3H3;1H. The minimum atomic E-state index is -3.61. The second-order valence-corrected chi connectivity index (χ2v) is 8.10. The van der Waals surface area contributed by atoms with Crippen LogP contribution in [0.25, 0.3) is 0 Å². The zero-order valence-electron chi connectivity index (χ0n) is 13.1. The van der Waals surface area contributed by atoms with Crippen LogP contribution in [0.15, 0.2) is 23.1 Å². The fourth-order valence-corrected chi connectivity index (χ4v) is 4.08. The largest absolute Gasteiger partial charge is 0.312 e. The van der Waals surface area contributed by atoms with Crippen LogP contribution >= 0.6 is 12.4 Å². The summed E-state index contributed by atoms with van der Waals surface area (Å²) < 4.78 is 40.5. The maximum atomic E-state index is 13.1. The average molecular weight is 351 g/mol. The topological polar surface area (TPSA) is 58.2 Å². The van der Waals surface area contributed by atoms with Crippen LogP contribution in [0.2, 0.25) is 0 Å². The molecule has 2 rings (SSSR count). The van der Waals surface area contributed by atoms with Gasteiger partial charge >= 0.3 is 0 Å². The van der Waals surface area contributed by atoms with Crippen LogP contribution in [0.1, 0.15) is 32.3 Å². The van der Waals surface area contributed by atoms with E-state index in [9.17, 15) is 12.8 Å². The summed E-state index contributed by atoms with van der Waals surface area (Å²) in [5, 5.41) is 3.37. The second kappa shape index (κ2) is 7.25. The van der Waals surface area contributed by atoms with Crippen molar-refractivity contribution in [2.45, 2.75) is 44.6 Å². The second-order valence-electron chi connectivity index (χ2n) is 6.36. The molecule has 0 radical (unpaired) electrons. The van der Waals surface area contributed by atoms with Gasteiger partial charge in [-0.2, -0.15) is 0 Å². The lowest BCUT2D eigenvalue weighted by molar-refractivity contribution is 0.181. The Morgan fingerprint density at radius 2 is 2.09 bits per heavy atom. The predicted octanol–water partition coefficient (Wildman–Crippen LogP) is 2.61. The van der Waals surface area contributed by atoms with Crippen LogP contribution in [0.3, 0.4) is 0 Å². The Kier molecular flexibility index (Phi) is 6.38. The first-order valence-electron chi connectivity index (χ1n) is 7.21. The molecule has 0 amide bonds. The Morgan fingerprint density at radius 3 is 2.68 bits per heavy atom. The van der Waals surface area contributed by atoms with E-state index in [4.69, 9.17) is 0 Å². The highest BCUT2D eigenvalue weighted by molar-refractivity contribution is 7.89. The summed E-state index contributed by atoms with van der Waals surface area (Å²) in [6.07, 6.45) is 2.18. The van der Waals surface area contributed by atoms with Crippen LogP contribution in [-0.4, -0.2) is 27.5 Å². The van der Waals surface area contributed by atoms with E-state index in [1.807, 2.05) is 0 Å². The molecule has 1 aromatic carbocycles. The van der Waals surface area contributed by atoms with Crippen molar-refractivity contribution >= 4 is 22.4 Å². The fraction of sp³-hybridized carbons (Fsp3) is 0.600. The highest BCUT2D eigenvalue weighted by Crippen LogP contribution is 2.29. The number of hydrogen-bond acceptors (Lipinski definition) is 3. The molecule has 126 valence electrons. The molecule has 0 aliphatic carbocycles. The Hall–Kier alpha value is -0.690. The third-order valence-corrected chi connectivity index (χ3v) is 5.82. The molecule has 1 atom stereocenters. The summed E-state index contributed by atoms with van der Waals surface area (Å²) in [6.45, 7) is 7.13. The molecule has 22 heavy (non-hydrogen) atoms. The molecule has 2 N–H and O–H groups in total. The maximum absolute atomic E-state index is 13.1. The molecule has 1 unspecified atom stereocenters. The third kappa shape index (κ3) is 4.41. The monoisotopic (exact) mass is 350 g/mol. The van der Waals surface area contributed by atoms with Gasteiger partial charge in [-0.15, -0.1) is 12.4 Å². The lowest BCUT2D eigenvalue weighted by atomic mass is 9.78. The molecule has 0 saturated carbocycles. The zero-order valence-corrected chi connectivity index (χ0v) is 14.8. The lowest BCUT2D eigenvalue weighted by Gasteiger charge is -2.39. The van der Waals surface area contributed by atoms with E-state index < -0.39 is 15.8 Å². The van der Waals surface area contributed by atoms with Gasteiger partial charge in [0.1, 0.15) is 5.82 Å². The zero-order chi connectivity index (χ0) is 15.7. The van der Waals surface area contributed by atoms with Gasteiger partial charge in [-0.1, -0.05) is 13.8 Å². The van der Waals surface area contributed by atoms with Crippen LogP contribution < -0.4 is 10.0 Å². The van der Waals surface area contributed by atoms with Gasteiger partial charge in [-0.25, -0.2) is 17.5 Å². The Morgan fingerprint density at radius 1 is 1.41 bits per heavy atom. The molecule has 1 aliphatic heterocycles. The van der Waals surface area contributed by atoms with Crippen molar-refractivity contribution in [1.29, 1.82) is 0 Å². The molecular weight excluding hydrogens is 327 g/mol. The highest BCUT2D eigenvalue weighted by atomic mass is 35.5. The molecule has 1 aromatic rings. The summed E-state index contributed by atoms with van der Waals surface area (Å²) in [6, 6.07) is 3.82. The average Bonchev–Trinajstić information content (AvgIpc) is 2.36. The number of halogens is 2. The van der Waals surface area contributed by atoms with Crippen molar-refractivity contribution in [3.63, 3.8) is 0 Å². The quantitative estimate of drug-likeness (QED) is 0.877. The van der Waals surface area contributed by atoms with E-state index in [-0.39, 0.29) is 28.8 Å². The van der Waals surface area contributed by atoms with Gasteiger partial charge in [0, 0.05) is 12.6 Å². The summed E-state index contributed by atoms with van der Waals surface area (Å²) in [4.78, 5) is 0.137. The maximum Gasteiger partial charge on any atom is 0.240 e. The summed E-state index contributed by atoms with van der Waals surface area (Å²) >= 11 is 0. The van der Waals surface area contributed by atoms with Crippen molar-refractivity contribution in [3.8, 4) is 0 Å². The van der Waals surface area contributed by atoms with Crippen LogP contribution in [0.5, 0.6) is 0 Å². The summed E-state index contributed by atoms with van der Waals surface area (Å²) in [7, 11) is -3.61. The molecule has 7 heteroatoms. The molecule has 1 aliphatic rings. The smallest absolute Gasteiger partial charge is 0.240 e. The predicted molar refractivity (Wildman–Crippen MR) is 88.4 cm³/mol. The van der Waals surface area contributed by atoms with Crippen LogP contribution in [-0.2, 0) is 10.0 Å². The minimum Gasteiger partial charge on any atom is -0.312 e. The number of nitrogens with one attached hydrogen (secondary N) is 2. The molecule has 1 saturated heterocycles. The van der Waals surface area contributed by atoms with Crippen molar-refractivity contribution in [1.82, 2.24) is 10.0 Å². The van der Waals surface area contributed by atoms with Gasteiger partial charge in [0.25, 0.3) is 0 Å². The fourth-order valence-electron chi connectivity index (χ4n) is 2.80. The van der Waals surface area contributed by atoms with Crippen molar-refractivity contribution in [3.05, 3.63) is 29.6 Å². The van der Waals surface area contributed by atoms with Crippen molar-refractivity contribution in [2.24, 2.45) is 5.41 Å². The van der Waals surface area contributed by atoms with Gasteiger partial charge in [0.15, 0.2) is 0 Å². The SMILES string of the molecule is Cc1cc(F)ccc1S(=O)(=O)NCC1NCCCC1(C)C.Cl. The van der Waals surface area contributed by atoms with E-state index in [2.05, 4.69) is 23.9 Å².